The van der Waals surface area contributed by atoms with Gasteiger partial charge in [0.2, 0.25) is 0 Å². The van der Waals surface area contributed by atoms with Crippen molar-refractivity contribution < 1.29 is 14.6 Å². The summed E-state index contributed by atoms with van der Waals surface area (Å²) in [6.07, 6.45) is 1.13. The zero-order chi connectivity index (χ0) is 15.4. The van der Waals surface area contributed by atoms with Crippen LogP contribution in [0.25, 0.3) is 11.0 Å². The molecule has 0 radical (unpaired) electrons. The Morgan fingerprint density at radius 1 is 1.09 bits per heavy atom. The van der Waals surface area contributed by atoms with E-state index in [1.807, 2.05) is 53.1 Å². The molecule has 1 heterocycles. The second kappa shape index (κ2) is 6.49. The first kappa shape index (κ1) is 14.4. The van der Waals surface area contributed by atoms with Gasteiger partial charge in [-0.1, -0.05) is 12.1 Å². The van der Waals surface area contributed by atoms with E-state index >= 15 is 0 Å². The van der Waals surface area contributed by atoms with E-state index in [4.69, 9.17) is 9.47 Å². The molecule has 3 aromatic rings. The smallest absolute Gasteiger partial charge is 0.119 e. The summed E-state index contributed by atoms with van der Waals surface area (Å²) in [6.45, 7) is 0.662. The maximum atomic E-state index is 10.1. The molecule has 114 valence electrons. The molecule has 2 aromatic carbocycles. The summed E-state index contributed by atoms with van der Waals surface area (Å²) < 4.78 is 12.6. The lowest BCUT2D eigenvalue weighted by Crippen LogP contribution is -2.23. The van der Waals surface area contributed by atoms with Gasteiger partial charge >= 0.3 is 0 Å². The van der Waals surface area contributed by atoms with Crippen molar-refractivity contribution in [3.63, 3.8) is 0 Å². The minimum atomic E-state index is -0.611. The van der Waals surface area contributed by atoms with Crippen molar-refractivity contribution in [2.45, 2.75) is 12.6 Å². The topological polar surface area (TPSA) is 56.5 Å². The number of para-hydroxylation sites is 2. The number of hydrogen-bond donors (Lipinski definition) is 1. The number of fused-ring (bicyclic) bond motifs is 1. The van der Waals surface area contributed by atoms with E-state index in [0.29, 0.717) is 12.3 Å². The molecule has 0 aliphatic carbocycles. The molecule has 0 saturated carbocycles. The van der Waals surface area contributed by atoms with Gasteiger partial charge in [-0.25, -0.2) is 4.98 Å². The Bertz CT molecular complexity index is 737. The molecule has 5 heteroatoms. The lowest BCUT2D eigenvalue weighted by molar-refractivity contribution is 0.0934. The number of aromatic nitrogens is 2. The first-order chi connectivity index (χ1) is 10.8. The van der Waals surface area contributed by atoms with Gasteiger partial charge in [0.1, 0.15) is 24.2 Å². The van der Waals surface area contributed by atoms with Gasteiger partial charge in [0.05, 0.1) is 31.0 Å². The Hall–Kier alpha value is -2.53. The second-order valence-corrected chi connectivity index (χ2v) is 5.03. The molecule has 0 fully saturated rings. The number of hydrogen-bond acceptors (Lipinski definition) is 4. The lowest BCUT2D eigenvalue weighted by atomic mass is 10.3. The minimum absolute atomic E-state index is 0.221. The van der Waals surface area contributed by atoms with Crippen molar-refractivity contribution in [2.75, 3.05) is 13.7 Å². The maximum absolute atomic E-state index is 10.1. The van der Waals surface area contributed by atoms with E-state index in [9.17, 15) is 5.11 Å². The molecule has 0 bridgehead atoms. The van der Waals surface area contributed by atoms with E-state index < -0.39 is 6.10 Å². The highest BCUT2D eigenvalue weighted by molar-refractivity contribution is 5.74. The standard InChI is InChI=1S/C17H18N2O3/c1-21-14-6-8-15(9-7-14)22-11-13(20)10-19-12-18-16-4-2-3-5-17(16)19/h2-9,12-13,20H,10-11H2,1H3. The first-order valence-electron chi connectivity index (χ1n) is 7.11. The van der Waals surface area contributed by atoms with E-state index in [2.05, 4.69) is 4.98 Å². The van der Waals surface area contributed by atoms with E-state index in [0.717, 1.165) is 16.8 Å². The Morgan fingerprint density at radius 2 is 1.82 bits per heavy atom. The SMILES string of the molecule is COc1ccc(OCC(O)Cn2cnc3ccccc32)cc1. The largest absolute Gasteiger partial charge is 0.497 e. The molecule has 1 atom stereocenters. The van der Waals surface area contributed by atoms with Gasteiger partial charge in [0.25, 0.3) is 0 Å². The molecular formula is C17H18N2O3. The summed E-state index contributed by atoms with van der Waals surface area (Å²) in [6, 6.07) is 15.1. The van der Waals surface area contributed by atoms with Crippen molar-refractivity contribution in [2.24, 2.45) is 0 Å². The predicted octanol–water partition coefficient (Wildman–Crippen LogP) is 2.48. The number of nitrogens with zero attached hydrogens (tertiary/aromatic N) is 2. The van der Waals surface area contributed by atoms with Crippen LogP contribution in [0.3, 0.4) is 0 Å². The van der Waals surface area contributed by atoms with Crippen LogP contribution in [-0.2, 0) is 6.54 Å². The Labute approximate surface area is 128 Å². The van der Waals surface area contributed by atoms with Crippen LogP contribution in [0.1, 0.15) is 0 Å². The first-order valence-corrected chi connectivity index (χ1v) is 7.11. The fraction of sp³-hybridized carbons (Fsp3) is 0.235. The molecule has 0 aliphatic heterocycles. The van der Waals surface area contributed by atoms with Gasteiger partial charge in [-0.2, -0.15) is 0 Å². The zero-order valence-electron chi connectivity index (χ0n) is 12.3. The van der Waals surface area contributed by atoms with Gasteiger partial charge in [0, 0.05) is 0 Å². The van der Waals surface area contributed by atoms with Gasteiger partial charge < -0.3 is 19.1 Å². The zero-order valence-corrected chi connectivity index (χ0v) is 12.3. The average molecular weight is 298 g/mol. The monoisotopic (exact) mass is 298 g/mol. The quantitative estimate of drug-likeness (QED) is 0.759. The predicted molar refractivity (Wildman–Crippen MR) is 84.2 cm³/mol. The fourth-order valence-corrected chi connectivity index (χ4v) is 2.30. The molecule has 5 nitrogen and oxygen atoms in total. The molecule has 1 unspecified atom stereocenters. The summed E-state index contributed by atoms with van der Waals surface area (Å²) in [4.78, 5) is 4.31. The van der Waals surface area contributed by atoms with Crippen LogP contribution in [0.2, 0.25) is 0 Å². The Morgan fingerprint density at radius 3 is 2.59 bits per heavy atom. The number of aliphatic hydroxyl groups excluding tert-OH is 1. The highest BCUT2D eigenvalue weighted by atomic mass is 16.5. The number of imidazole rings is 1. The van der Waals surface area contributed by atoms with Crippen LogP contribution >= 0.6 is 0 Å². The Kier molecular flexibility index (Phi) is 4.25. The average Bonchev–Trinajstić information content (AvgIpc) is 2.97. The van der Waals surface area contributed by atoms with Gasteiger partial charge in [-0.05, 0) is 36.4 Å². The highest BCUT2D eigenvalue weighted by Gasteiger charge is 2.09. The van der Waals surface area contributed by atoms with Gasteiger partial charge in [-0.3, -0.25) is 0 Å². The van der Waals surface area contributed by atoms with Crippen LogP contribution in [0.4, 0.5) is 0 Å². The summed E-state index contributed by atoms with van der Waals surface area (Å²) >= 11 is 0. The van der Waals surface area contributed by atoms with Crippen molar-refractivity contribution >= 4 is 11.0 Å². The summed E-state index contributed by atoms with van der Waals surface area (Å²) in [7, 11) is 1.62. The van der Waals surface area contributed by atoms with Crippen LogP contribution in [0.5, 0.6) is 11.5 Å². The summed E-state index contributed by atoms with van der Waals surface area (Å²) in [5.74, 6) is 1.48. The lowest BCUT2D eigenvalue weighted by Gasteiger charge is -2.13. The van der Waals surface area contributed by atoms with E-state index in [1.165, 1.54) is 0 Å². The molecule has 0 spiro atoms. The molecule has 0 amide bonds. The van der Waals surface area contributed by atoms with Crippen molar-refractivity contribution in [3.8, 4) is 11.5 Å². The number of benzene rings is 2. The van der Waals surface area contributed by atoms with Crippen molar-refractivity contribution in [3.05, 3.63) is 54.9 Å². The third kappa shape index (κ3) is 3.20. The maximum Gasteiger partial charge on any atom is 0.119 e. The van der Waals surface area contributed by atoms with Crippen molar-refractivity contribution in [1.29, 1.82) is 0 Å². The van der Waals surface area contributed by atoms with E-state index in [-0.39, 0.29) is 6.61 Å². The summed E-state index contributed by atoms with van der Waals surface area (Å²) in [5, 5.41) is 10.1. The number of aliphatic hydroxyl groups is 1. The number of rotatable bonds is 6. The van der Waals surface area contributed by atoms with Crippen LogP contribution in [-0.4, -0.2) is 34.5 Å². The molecule has 1 N–H and O–H groups in total. The minimum Gasteiger partial charge on any atom is -0.497 e. The second-order valence-electron chi connectivity index (χ2n) is 5.03. The molecular weight excluding hydrogens is 280 g/mol. The normalized spacial score (nSPS) is 12.3. The van der Waals surface area contributed by atoms with Crippen molar-refractivity contribution in [1.82, 2.24) is 9.55 Å². The summed E-state index contributed by atoms with van der Waals surface area (Å²) in [5.41, 5.74) is 1.93. The molecule has 22 heavy (non-hydrogen) atoms. The highest BCUT2D eigenvalue weighted by Crippen LogP contribution is 2.17. The van der Waals surface area contributed by atoms with Gasteiger partial charge in [-0.15, -0.1) is 0 Å². The Balaban J connectivity index is 1.59. The van der Waals surface area contributed by atoms with Crippen LogP contribution in [0.15, 0.2) is 54.9 Å². The van der Waals surface area contributed by atoms with Gasteiger partial charge in [0.15, 0.2) is 0 Å². The number of methoxy groups -OCH3 is 1. The number of ether oxygens (including phenoxy) is 2. The third-order valence-electron chi connectivity index (χ3n) is 3.44. The van der Waals surface area contributed by atoms with E-state index in [1.54, 1.807) is 13.4 Å². The van der Waals surface area contributed by atoms with Crippen LogP contribution in [0, 0.1) is 0 Å². The third-order valence-corrected chi connectivity index (χ3v) is 3.44. The molecule has 0 saturated heterocycles. The molecule has 0 aliphatic rings. The molecule has 1 aromatic heterocycles. The van der Waals surface area contributed by atoms with Crippen LogP contribution < -0.4 is 9.47 Å². The molecule has 3 rings (SSSR count). The fourth-order valence-electron chi connectivity index (χ4n) is 2.30.